The summed E-state index contributed by atoms with van der Waals surface area (Å²) in [5, 5.41) is 9.38. The van der Waals surface area contributed by atoms with Gasteiger partial charge in [-0.15, -0.1) is 0 Å². The summed E-state index contributed by atoms with van der Waals surface area (Å²) in [5.41, 5.74) is 2.50. The van der Waals surface area contributed by atoms with E-state index in [0.29, 0.717) is 31.5 Å². The number of pyridine rings is 1. The van der Waals surface area contributed by atoms with E-state index in [1.54, 1.807) is 18.0 Å². The van der Waals surface area contributed by atoms with Gasteiger partial charge in [0.2, 0.25) is 11.8 Å². The molecule has 2 aliphatic heterocycles. The van der Waals surface area contributed by atoms with Crippen LogP contribution in [0, 0.1) is 6.92 Å². The van der Waals surface area contributed by atoms with Crippen LogP contribution in [0.15, 0.2) is 42.6 Å². The number of nitrogens with one attached hydrogen (secondary N) is 3. The Balaban J connectivity index is 1.44. The number of aryl methyl sites for hydroxylation is 1. The molecule has 1 spiro atoms. The number of amides is 3. The Morgan fingerprint density at radius 3 is 2.84 bits per heavy atom. The summed E-state index contributed by atoms with van der Waals surface area (Å²) in [5.74, 6) is -0.462. The molecule has 4 rings (SSSR count). The van der Waals surface area contributed by atoms with E-state index in [0.717, 1.165) is 16.9 Å². The van der Waals surface area contributed by atoms with Crippen LogP contribution in [-0.2, 0) is 16.1 Å². The van der Waals surface area contributed by atoms with E-state index in [2.05, 4.69) is 20.9 Å². The molecule has 31 heavy (non-hydrogen) atoms. The van der Waals surface area contributed by atoms with Gasteiger partial charge in [-0.05, 0) is 50.1 Å². The molecule has 1 aromatic carbocycles. The summed E-state index contributed by atoms with van der Waals surface area (Å²) < 4.78 is 0. The van der Waals surface area contributed by atoms with Crippen molar-refractivity contribution in [3.8, 4) is 0 Å². The monoisotopic (exact) mass is 421 g/mol. The minimum atomic E-state index is -0.702. The van der Waals surface area contributed by atoms with Crippen LogP contribution in [0.25, 0.3) is 0 Å². The van der Waals surface area contributed by atoms with Crippen LogP contribution >= 0.6 is 0 Å². The van der Waals surface area contributed by atoms with Crippen molar-refractivity contribution in [3.05, 3.63) is 59.4 Å². The van der Waals surface area contributed by atoms with Gasteiger partial charge in [0.25, 0.3) is 5.91 Å². The maximum atomic E-state index is 12.8. The highest BCUT2D eigenvalue weighted by Gasteiger charge is 2.41. The first-order valence-electron chi connectivity index (χ1n) is 10.6. The van der Waals surface area contributed by atoms with Crippen LogP contribution in [-0.4, -0.2) is 45.9 Å². The topological polar surface area (TPSA) is 103 Å². The van der Waals surface area contributed by atoms with Crippen molar-refractivity contribution in [2.45, 2.75) is 51.4 Å². The molecule has 1 saturated heterocycles. The van der Waals surface area contributed by atoms with Gasteiger partial charge in [0.1, 0.15) is 11.7 Å². The largest absolute Gasteiger partial charge is 0.362 e. The molecule has 0 aliphatic carbocycles. The lowest BCUT2D eigenvalue weighted by molar-refractivity contribution is -0.139. The molecular weight excluding hydrogens is 394 g/mol. The molecule has 1 aromatic heterocycles. The number of nitrogens with zero attached hydrogens (tertiary/aromatic N) is 2. The summed E-state index contributed by atoms with van der Waals surface area (Å²) in [6.07, 6.45) is 2.89. The molecule has 2 aliphatic rings. The van der Waals surface area contributed by atoms with Gasteiger partial charge in [0.05, 0.1) is 17.8 Å². The number of likely N-dealkylation sites (tertiary alicyclic amines) is 1. The Hall–Kier alpha value is -3.42. The Bertz CT molecular complexity index is 1010. The van der Waals surface area contributed by atoms with E-state index < -0.39 is 11.7 Å². The summed E-state index contributed by atoms with van der Waals surface area (Å²) >= 11 is 0. The lowest BCUT2D eigenvalue weighted by Gasteiger charge is -2.40. The zero-order chi connectivity index (χ0) is 22.0. The smallest absolute Gasteiger partial charge is 0.255 e. The number of hydrogen-bond donors (Lipinski definition) is 3. The summed E-state index contributed by atoms with van der Waals surface area (Å²) in [7, 11) is 0. The van der Waals surface area contributed by atoms with Gasteiger partial charge >= 0.3 is 0 Å². The number of benzene rings is 1. The maximum absolute atomic E-state index is 12.8. The quantitative estimate of drug-likeness (QED) is 0.700. The minimum absolute atomic E-state index is 0.0940. The first-order chi connectivity index (χ1) is 14.9. The van der Waals surface area contributed by atoms with Crippen molar-refractivity contribution in [3.63, 3.8) is 0 Å². The first-order valence-corrected chi connectivity index (χ1v) is 10.6. The Kier molecular flexibility index (Phi) is 5.63. The van der Waals surface area contributed by atoms with Crippen LogP contribution < -0.4 is 16.0 Å². The van der Waals surface area contributed by atoms with E-state index in [9.17, 15) is 14.4 Å². The van der Waals surface area contributed by atoms with Crippen molar-refractivity contribution in [1.82, 2.24) is 20.5 Å². The van der Waals surface area contributed by atoms with E-state index in [1.807, 2.05) is 43.3 Å². The molecule has 3 amide bonds. The van der Waals surface area contributed by atoms with Crippen LogP contribution in [0.5, 0.6) is 0 Å². The standard InChI is InChI=1S/C23H27N5O3/c1-15-6-7-18-19(13-15)26-23(27-22(18)31)9-8-20(29)28(12-10-23)16(2)21(30)25-14-17-5-3-4-11-24-17/h3-7,11,13,16,26H,8-10,12,14H2,1-2H3,(H,25,30)(H,27,31). The molecule has 3 heterocycles. The third-order valence-electron chi connectivity index (χ3n) is 6.03. The number of aromatic nitrogens is 1. The molecule has 2 atom stereocenters. The lowest BCUT2D eigenvalue weighted by Crippen LogP contribution is -2.58. The second-order valence-electron chi connectivity index (χ2n) is 8.26. The van der Waals surface area contributed by atoms with E-state index >= 15 is 0 Å². The lowest BCUT2D eigenvalue weighted by atomic mass is 9.94. The SMILES string of the molecule is Cc1ccc2c(c1)NC1(CCC(=O)N(C(C)C(=O)NCc3ccccn3)CC1)NC2=O. The summed E-state index contributed by atoms with van der Waals surface area (Å²) in [6.45, 7) is 4.38. The van der Waals surface area contributed by atoms with E-state index in [4.69, 9.17) is 0 Å². The maximum Gasteiger partial charge on any atom is 0.255 e. The molecule has 8 nitrogen and oxygen atoms in total. The van der Waals surface area contributed by atoms with Gasteiger partial charge in [-0.25, -0.2) is 0 Å². The molecule has 2 unspecified atom stereocenters. The van der Waals surface area contributed by atoms with Crippen molar-refractivity contribution < 1.29 is 14.4 Å². The normalized spacial score (nSPS) is 21.5. The van der Waals surface area contributed by atoms with Gasteiger partial charge in [-0.1, -0.05) is 12.1 Å². The van der Waals surface area contributed by atoms with Crippen molar-refractivity contribution >= 4 is 23.4 Å². The molecule has 0 radical (unpaired) electrons. The number of rotatable bonds is 4. The summed E-state index contributed by atoms with van der Waals surface area (Å²) in [6, 6.07) is 10.6. The third-order valence-corrected chi connectivity index (χ3v) is 6.03. The van der Waals surface area contributed by atoms with Gasteiger partial charge in [-0.2, -0.15) is 0 Å². The fourth-order valence-electron chi connectivity index (χ4n) is 4.19. The van der Waals surface area contributed by atoms with Gasteiger partial charge in [0, 0.05) is 31.3 Å². The van der Waals surface area contributed by atoms with Crippen LogP contribution in [0.3, 0.4) is 0 Å². The summed E-state index contributed by atoms with van der Waals surface area (Å²) in [4.78, 5) is 44.0. The highest BCUT2D eigenvalue weighted by molar-refractivity contribution is 6.02. The number of carbonyl (C=O) groups excluding carboxylic acids is 3. The average Bonchev–Trinajstić information content (AvgIpc) is 2.91. The zero-order valence-electron chi connectivity index (χ0n) is 17.8. The highest BCUT2D eigenvalue weighted by atomic mass is 16.2. The molecule has 1 fully saturated rings. The Morgan fingerprint density at radius 1 is 1.23 bits per heavy atom. The zero-order valence-corrected chi connectivity index (χ0v) is 17.8. The molecule has 3 N–H and O–H groups in total. The third kappa shape index (κ3) is 4.38. The number of anilines is 1. The molecule has 162 valence electrons. The second kappa shape index (κ2) is 8.37. The average molecular weight is 422 g/mol. The van der Waals surface area contributed by atoms with Crippen molar-refractivity contribution in [1.29, 1.82) is 0 Å². The second-order valence-corrected chi connectivity index (χ2v) is 8.26. The van der Waals surface area contributed by atoms with Gasteiger partial charge in [-0.3, -0.25) is 19.4 Å². The van der Waals surface area contributed by atoms with Gasteiger partial charge < -0.3 is 20.9 Å². The molecule has 0 bridgehead atoms. The first kappa shape index (κ1) is 20.8. The van der Waals surface area contributed by atoms with Crippen LogP contribution in [0.2, 0.25) is 0 Å². The Morgan fingerprint density at radius 2 is 2.06 bits per heavy atom. The fourth-order valence-corrected chi connectivity index (χ4v) is 4.19. The minimum Gasteiger partial charge on any atom is -0.362 e. The number of hydrogen-bond acceptors (Lipinski definition) is 5. The fraction of sp³-hybridized carbons (Fsp3) is 0.391. The molecule has 0 saturated carbocycles. The van der Waals surface area contributed by atoms with Crippen molar-refractivity contribution in [2.75, 3.05) is 11.9 Å². The van der Waals surface area contributed by atoms with E-state index in [1.165, 1.54) is 0 Å². The molecular formula is C23H27N5O3. The highest BCUT2D eigenvalue weighted by Crippen LogP contribution is 2.32. The van der Waals surface area contributed by atoms with E-state index in [-0.39, 0.29) is 24.1 Å². The van der Waals surface area contributed by atoms with Crippen molar-refractivity contribution in [2.24, 2.45) is 0 Å². The molecule has 8 heteroatoms. The predicted molar refractivity (Wildman–Crippen MR) is 116 cm³/mol. The predicted octanol–water partition coefficient (Wildman–Crippen LogP) is 1.96. The Labute approximate surface area is 181 Å². The number of carbonyl (C=O) groups is 3. The van der Waals surface area contributed by atoms with Crippen LogP contribution in [0.1, 0.15) is 47.8 Å². The van der Waals surface area contributed by atoms with Gasteiger partial charge in [0.15, 0.2) is 0 Å². The number of fused-ring (bicyclic) bond motifs is 1. The van der Waals surface area contributed by atoms with Crippen LogP contribution in [0.4, 0.5) is 5.69 Å². The molecule has 2 aromatic rings.